The van der Waals surface area contributed by atoms with Crippen LogP contribution in [-0.4, -0.2) is 54.4 Å². The number of hydrogen-bond donors (Lipinski definition) is 1. The summed E-state index contributed by atoms with van der Waals surface area (Å²) in [5.74, 6) is -10.9. The van der Waals surface area contributed by atoms with E-state index in [1.54, 1.807) is 0 Å². The molecule has 4 nitrogen and oxygen atoms in total. The number of rotatable bonds is 7. The van der Waals surface area contributed by atoms with Crippen molar-refractivity contribution in [2.24, 2.45) is 0 Å². The monoisotopic (exact) mass is 588 g/mol. The number of hydrogen-bond acceptors (Lipinski definition) is 4. The summed E-state index contributed by atoms with van der Waals surface area (Å²) in [6.45, 7) is 2.98. The van der Waals surface area contributed by atoms with Crippen LogP contribution in [0.5, 0.6) is 5.75 Å². The van der Waals surface area contributed by atoms with Crippen molar-refractivity contribution in [3.63, 3.8) is 0 Å². The second-order valence-electron chi connectivity index (χ2n) is 7.64. The molecule has 0 radical (unpaired) electrons. The van der Waals surface area contributed by atoms with Crippen molar-refractivity contribution in [1.29, 1.82) is 0 Å². The maximum atomic E-state index is 12.2. The fourth-order valence-electron chi connectivity index (χ4n) is 2.68. The van der Waals surface area contributed by atoms with E-state index in [-0.39, 0.29) is 0 Å². The Bertz CT molecular complexity index is 1070. The number of thioether (sulfide) groups is 1. The van der Waals surface area contributed by atoms with Crippen LogP contribution < -0.4 is 4.74 Å². The Morgan fingerprint density at radius 2 is 1.41 bits per heavy atom. The van der Waals surface area contributed by atoms with Crippen LogP contribution >= 0.6 is 11.8 Å². The molecule has 37 heavy (non-hydrogen) atoms. The Kier molecular flexibility index (Phi) is 11.9. The molecule has 212 valence electrons. The van der Waals surface area contributed by atoms with E-state index in [0.29, 0.717) is 0 Å². The van der Waals surface area contributed by atoms with Crippen LogP contribution in [0.2, 0.25) is 0 Å². The number of fused-ring (bicyclic) bond motifs is 1. The molecule has 15 heteroatoms. The summed E-state index contributed by atoms with van der Waals surface area (Å²) >= 11 is 2.07. The second-order valence-corrected chi connectivity index (χ2v) is 10.3. The summed E-state index contributed by atoms with van der Waals surface area (Å²) in [7, 11) is -7.17. The molecule has 2 aromatic rings. The van der Waals surface area contributed by atoms with Gasteiger partial charge in [-0.05, 0) is 42.2 Å². The lowest BCUT2D eigenvalue weighted by Gasteiger charge is -2.31. The number of benzene rings is 2. The summed E-state index contributed by atoms with van der Waals surface area (Å²) in [6.07, 6.45) is -1.92. The first-order chi connectivity index (χ1) is 16.9. The molecule has 1 aliphatic rings. The van der Waals surface area contributed by atoms with E-state index in [2.05, 4.69) is 49.0 Å². The SMILES string of the molecule is C1CCSC1.CCCCOc1cccc2ccccc12.O=S(=O)(O)C(F)(F)C(F)(F)C(F)(F)C(F)(F)F. The summed E-state index contributed by atoms with van der Waals surface area (Å²) in [6, 6.07) is 14.5. The minimum atomic E-state index is -7.37. The van der Waals surface area contributed by atoms with Crippen molar-refractivity contribution in [1.82, 2.24) is 0 Å². The van der Waals surface area contributed by atoms with Gasteiger partial charge >= 0.3 is 33.4 Å². The Labute approximate surface area is 212 Å². The van der Waals surface area contributed by atoms with Gasteiger partial charge in [-0.25, -0.2) is 0 Å². The van der Waals surface area contributed by atoms with Crippen LogP contribution in [0.25, 0.3) is 10.8 Å². The van der Waals surface area contributed by atoms with Crippen molar-refractivity contribution in [2.45, 2.75) is 55.9 Å². The minimum absolute atomic E-state index is 0.810. The van der Waals surface area contributed by atoms with E-state index < -0.39 is 33.4 Å². The quantitative estimate of drug-likeness (QED) is 0.203. The van der Waals surface area contributed by atoms with Crippen molar-refractivity contribution in [2.75, 3.05) is 18.1 Å². The molecule has 1 heterocycles. The molecular formula is C22H25F9O4S2. The molecular weight excluding hydrogens is 563 g/mol. The lowest BCUT2D eigenvalue weighted by atomic mass is 10.1. The predicted octanol–water partition coefficient (Wildman–Crippen LogP) is 7.83. The Hall–Kier alpha value is -1.87. The molecule has 0 unspecified atom stereocenters. The highest BCUT2D eigenvalue weighted by Gasteiger charge is 2.85. The normalized spacial score (nSPS) is 14.9. The minimum Gasteiger partial charge on any atom is -0.493 e. The third-order valence-corrected chi connectivity index (χ3v) is 6.83. The van der Waals surface area contributed by atoms with Crippen molar-refractivity contribution in [3.8, 4) is 5.75 Å². The number of ether oxygens (including phenoxy) is 1. The van der Waals surface area contributed by atoms with E-state index in [0.717, 1.165) is 18.8 Å². The van der Waals surface area contributed by atoms with Gasteiger partial charge in [-0.2, -0.15) is 59.7 Å². The fraction of sp³-hybridized carbons (Fsp3) is 0.545. The molecule has 1 fully saturated rings. The highest BCUT2D eigenvalue weighted by Crippen LogP contribution is 2.54. The first-order valence-electron chi connectivity index (χ1n) is 10.8. The third-order valence-electron chi connectivity index (χ3n) is 4.77. The number of halogens is 9. The van der Waals surface area contributed by atoms with Crippen LogP contribution in [0.1, 0.15) is 32.6 Å². The highest BCUT2D eigenvalue weighted by molar-refractivity contribution is 7.99. The number of unbranched alkanes of at least 4 members (excludes halogenated alkanes) is 1. The first kappa shape index (κ1) is 33.2. The maximum absolute atomic E-state index is 12.2. The highest BCUT2D eigenvalue weighted by atomic mass is 32.2. The van der Waals surface area contributed by atoms with E-state index in [4.69, 9.17) is 9.29 Å². The molecule has 1 aliphatic heterocycles. The van der Waals surface area contributed by atoms with Gasteiger partial charge < -0.3 is 4.74 Å². The van der Waals surface area contributed by atoms with Crippen molar-refractivity contribution in [3.05, 3.63) is 42.5 Å². The Morgan fingerprint density at radius 1 is 0.865 bits per heavy atom. The Balaban J connectivity index is 0.000000311. The lowest BCUT2D eigenvalue weighted by Crippen LogP contribution is -2.63. The summed E-state index contributed by atoms with van der Waals surface area (Å²) < 4.78 is 140. The summed E-state index contributed by atoms with van der Waals surface area (Å²) in [5.41, 5.74) is 0. The number of alkyl halides is 9. The third kappa shape index (κ3) is 8.31. The molecule has 0 aliphatic carbocycles. The predicted molar refractivity (Wildman–Crippen MR) is 123 cm³/mol. The van der Waals surface area contributed by atoms with Gasteiger partial charge in [-0.15, -0.1) is 0 Å². The van der Waals surface area contributed by atoms with Gasteiger partial charge in [0.25, 0.3) is 0 Å². The van der Waals surface area contributed by atoms with E-state index >= 15 is 0 Å². The molecule has 1 saturated heterocycles. The molecule has 3 rings (SSSR count). The zero-order chi connectivity index (χ0) is 28.5. The standard InChI is InChI=1S/C14H16O.C4HF9O3S.C4H8S/c1-2-3-11-15-14-10-6-8-12-7-4-5-9-13(12)14;5-1(6,3(9,10)11)2(7,8)4(12,13)17(14,15)16;1-2-4-5-3-1/h4-10H,2-3,11H2,1H3;(H,14,15,16);1-4H2. The smallest absolute Gasteiger partial charge is 0.460 e. The maximum Gasteiger partial charge on any atom is 0.460 e. The van der Waals surface area contributed by atoms with Crippen LogP contribution in [0.4, 0.5) is 39.5 Å². The molecule has 0 atom stereocenters. The van der Waals surface area contributed by atoms with Gasteiger partial charge in [0.2, 0.25) is 0 Å². The lowest BCUT2D eigenvalue weighted by molar-refractivity contribution is -0.382. The topological polar surface area (TPSA) is 63.6 Å². The second kappa shape index (κ2) is 13.3. The van der Waals surface area contributed by atoms with E-state index in [1.165, 1.54) is 41.5 Å². The van der Waals surface area contributed by atoms with Gasteiger partial charge in [0.05, 0.1) is 6.61 Å². The molecule has 0 bridgehead atoms. The fourth-order valence-corrected chi connectivity index (χ4v) is 4.15. The van der Waals surface area contributed by atoms with Crippen LogP contribution in [-0.2, 0) is 10.1 Å². The summed E-state index contributed by atoms with van der Waals surface area (Å²) in [4.78, 5) is 0. The van der Waals surface area contributed by atoms with Gasteiger partial charge in [0.15, 0.2) is 0 Å². The largest absolute Gasteiger partial charge is 0.493 e. The molecule has 2 aromatic carbocycles. The molecule has 1 N–H and O–H groups in total. The van der Waals surface area contributed by atoms with Crippen molar-refractivity contribution >= 4 is 32.7 Å². The van der Waals surface area contributed by atoms with Gasteiger partial charge in [-0.1, -0.05) is 49.7 Å². The van der Waals surface area contributed by atoms with E-state index in [9.17, 15) is 47.9 Å². The van der Waals surface area contributed by atoms with Crippen LogP contribution in [0.3, 0.4) is 0 Å². The van der Waals surface area contributed by atoms with Gasteiger partial charge in [0.1, 0.15) is 5.75 Å². The molecule has 0 spiro atoms. The zero-order valence-electron chi connectivity index (χ0n) is 19.4. The summed E-state index contributed by atoms with van der Waals surface area (Å²) in [5, 5.41) is -4.55. The molecule has 0 amide bonds. The zero-order valence-corrected chi connectivity index (χ0v) is 21.0. The average Bonchev–Trinajstić information content (AvgIpc) is 3.38. The molecule has 0 aromatic heterocycles. The van der Waals surface area contributed by atoms with E-state index in [1.807, 2.05) is 12.1 Å². The molecule has 0 saturated carbocycles. The van der Waals surface area contributed by atoms with Crippen LogP contribution in [0, 0.1) is 0 Å². The Morgan fingerprint density at radius 3 is 1.86 bits per heavy atom. The average molecular weight is 589 g/mol. The van der Waals surface area contributed by atoms with Crippen LogP contribution in [0.15, 0.2) is 42.5 Å². The first-order valence-corrected chi connectivity index (χ1v) is 13.4. The van der Waals surface area contributed by atoms with Crippen molar-refractivity contribution < 1.29 is 57.2 Å². The van der Waals surface area contributed by atoms with Gasteiger partial charge in [0, 0.05) is 5.39 Å². The van der Waals surface area contributed by atoms with Gasteiger partial charge in [-0.3, -0.25) is 4.55 Å².